The molecule has 0 saturated carbocycles. The lowest BCUT2D eigenvalue weighted by molar-refractivity contribution is -0.138. The molecule has 0 bridgehead atoms. The molecule has 0 radical (unpaired) electrons. The minimum absolute atomic E-state index is 0.115. The molecule has 2 rings (SSSR count). The molecule has 0 fully saturated rings. The van der Waals surface area contributed by atoms with E-state index in [0.29, 0.717) is 0 Å². The van der Waals surface area contributed by atoms with Crippen molar-refractivity contribution < 1.29 is 19.4 Å². The van der Waals surface area contributed by atoms with Gasteiger partial charge in [-0.15, -0.1) is 0 Å². The highest BCUT2D eigenvalue weighted by Crippen LogP contribution is 2.49. The van der Waals surface area contributed by atoms with Gasteiger partial charge < -0.3 is 14.6 Å². The van der Waals surface area contributed by atoms with E-state index in [1.165, 1.54) is 0 Å². The van der Waals surface area contributed by atoms with Crippen molar-refractivity contribution in [1.82, 2.24) is 0 Å². The number of carbonyl (C=O) groups is 1. The van der Waals surface area contributed by atoms with Gasteiger partial charge in [0.1, 0.15) is 11.5 Å². The Balaban J connectivity index is 2.56. The summed E-state index contributed by atoms with van der Waals surface area (Å²) in [7, 11) is 3.25. The Kier molecular flexibility index (Phi) is 3.20. The average molecular weight is 250 g/mol. The van der Waals surface area contributed by atoms with E-state index in [1.807, 2.05) is 19.1 Å². The van der Waals surface area contributed by atoms with Gasteiger partial charge in [-0.05, 0) is 25.0 Å². The zero-order chi connectivity index (χ0) is 13.3. The Morgan fingerprint density at radius 1 is 1.33 bits per heavy atom. The molecular weight excluding hydrogens is 232 g/mol. The minimum Gasteiger partial charge on any atom is -0.496 e. The summed E-state index contributed by atoms with van der Waals surface area (Å²) < 4.78 is 10.7. The molecule has 18 heavy (non-hydrogen) atoms. The maximum absolute atomic E-state index is 11.1. The first-order valence-electron chi connectivity index (χ1n) is 5.98. The molecule has 0 aliphatic heterocycles. The van der Waals surface area contributed by atoms with Crippen molar-refractivity contribution in [2.75, 3.05) is 14.2 Å². The quantitative estimate of drug-likeness (QED) is 0.891. The van der Waals surface area contributed by atoms with Gasteiger partial charge in [-0.1, -0.05) is 6.92 Å². The molecule has 98 valence electrons. The number of carboxylic acids is 1. The van der Waals surface area contributed by atoms with E-state index >= 15 is 0 Å². The molecule has 1 atom stereocenters. The Bertz CT molecular complexity index is 481. The number of carboxylic acid groups (broad SMARTS) is 1. The normalized spacial score (nSPS) is 21.5. The number of methoxy groups -OCH3 is 2. The Labute approximate surface area is 107 Å². The first-order chi connectivity index (χ1) is 8.51. The fourth-order valence-electron chi connectivity index (χ4n) is 2.91. The van der Waals surface area contributed by atoms with Crippen LogP contribution in [-0.2, 0) is 16.6 Å². The zero-order valence-corrected chi connectivity index (χ0v) is 10.9. The van der Waals surface area contributed by atoms with Gasteiger partial charge in [-0.25, -0.2) is 0 Å². The summed E-state index contributed by atoms with van der Waals surface area (Å²) in [6, 6.07) is 3.73. The van der Waals surface area contributed by atoms with Crippen molar-refractivity contribution in [3.8, 4) is 11.5 Å². The molecule has 1 N–H and O–H groups in total. The van der Waals surface area contributed by atoms with Gasteiger partial charge in [0.05, 0.1) is 20.6 Å². The number of hydrogen-bond donors (Lipinski definition) is 1. The fraction of sp³-hybridized carbons (Fsp3) is 0.500. The summed E-state index contributed by atoms with van der Waals surface area (Å²) >= 11 is 0. The molecule has 0 aromatic heterocycles. The molecule has 1 aliphatic carbocycles. The summed E-state index contributed by atoms with van der Waals surface area (Å²) in [5.74, 6) is 0.794. The maximum atomic E-state index is 11.1. The van der Waals surface area contributed by atoms with Crippen LogP contribution in [0.1, 0.15) is 30.9 Å². The monoisotopic (exact) mass is 250 g/mol. The largest absolute Gasteiger partial charge is 0.496 e. The van der Waals surface area contributed by atoms with Crippen LogP contribution in [0.4, 0.5) is 0 Å². The highest BCUT2D eigenvalue weighted by molar-refractivity contribution is 5.71. The van der Waals surface area contributed by atoms with E-state index in [4.69, 9.17) is 14.6 Å². The van der Waals surface area contributed by atoms with Crippen molar-refractivity contribution in [3.05, 3.63) is 23.3 Å². The van der Waals surface area contributed by atoms with Gasteiger partial charge in [0.15, 0.2) is 0 Å². The number of benzene rings is 1. The molecule has 0 amide bonds. The predicted octanol–water partition coefficient (Wildman–Crippen LogP) is 2.38. The third-order valence-corrected chi connectivity index (χ3v) is 3.74. The Morgan fingerprint density at radius 3 is 2.50 bits per heavy atom. The first kappa shape index (κ1) is 12.7. The van der Waals surface area contributed by atoms with Gasteiger partial charge in [0.25, 0.3) is 0 Å². The molecule has 0 spiro atoms. The molecule has 1 aromatic carbocycles. The number of fused-ring (bicyclic) bond motifs is 1. The van der Waals surface area contributed by atoms with Gasteiger partial charge >= 0.3 is 5.97 Å². The van der Waals surface area contributed by atoms with Crippen LogP contribution in [0.25, 0.3) is 0 Å². The predicted molar refractivity (Wildman–Crippen MR) is 67.5 cm³/mol. The van der Waals surface area contributed by atoms with Gasteiger partial charge in [0.2, 0.25) is 0 Å². The van der Waals surface area contributed by atoms with Crippen molar-refractivity contribution in [3.63, 3.8) is 0 Å². The first-order valence-corrected chi connectivity index (χ1v) is 5.98. The lowest BCUT2D eigenvalue weighted by Gasteiger charge is -2.25. The summed E-state index contributed by atoms with van der Waals surface area (Å²) in [5.41, 5.74) is 1.70. The maximum Gasteiger partial charge on any atom is 0.304 e. The molecule has 1 aromatic rings. The van der Waals surface area contributed by atoms with Crippen molar-refractivity contribution in [1.29, 1.82) is 0 Å². The van der Waals surface area contributed by atoms with Gasteiger partial charge in [0, 0.05) is 16.5 Å². The van der Waals surface area contributed by atoms with Crippen molar-refractivity contribution in [2.24, 2.45) is 0 Å². The fourth-order valence-corrected chi connectivity index (χ4v) is 2.91. The lowest BCUT2D eigenvalue weighted by Crippen LogP contribution is -2.23. The van der Waals surface area contributed by atoms with Gasteiger partial charge in [-0.2, -0.15) is 0 Å². The smallest absolute Gasteiger partial charge is 0.304 e. The number of aliphatic carboxylic acids is 1. The standard InChI is InChI=1S/C14H18O4/c1-14(8-12(15)16)7-6-9-10(17-2)4-5-11(18-3)13(9)14/h4-5H,6-8H2,1-3H3,(H,15,16). The Hall–Kier alpha value is -1.71. The number of ether oxygens (including phenoxy) is 2. The third-order valence-electron chi connectivity index (χ3n) is 3.74. The van der Waals surface area contributed by atoms with Crippen LogP contribution < -0.4 is 9.47 Å². The van der Waals surface area contributed by atoms with Crippen LogP contribution in [0.5, 0.6) is 11.5 Å². The zero-order valence-electron chi connectivity index (χ0n) is 10.9. The summed E-state index contributed by atoms with van der Waals surface area (Å²) in [6.45, 7) is 1.98. The van der Waals surface area contributed by atoms with E-state index in [9.17, 15) is 4.79 Å². The Morgan fingerprint density at radius 2 is 1.94 bits per heavy atom. The van der Waals surface area contributed by atoms with Crippen LogP contribution in [0.3, 0.4) is 0 Å². The topological polar surface area (TPSA) is 55.8 Å². The van der Waals surface area contributed by atoms with Crippen LogP contribution in [0.15, 0.2) is 12.1 Å². The molecule has 4 nitrogen and oxygen atoms in total. The van der Waals surface area contributed by atoms with E-state index < -0.39 is 5.97 Å². The highest BCUT2D eigenvalue weighted by Gasteiger charge is 2.40. The molecule has 1 aliphatic rings. The van der Waals surface area contributed by atoms with Crippen LogP contribution in [0.2, 0.25) is 0 Å². The highest BCUT2D eigenvalue weighted by atomic mass is 16.5. The van der Waals surface area contributed by atoms with E-state index in [0.717, 1.165) is 35.5 Å². The van der Waals surface area contributed by atoms with Crippen LogP contribution in [0, 0.1) is 0 Å². The average Bonchev–Trinajstić information content (AvgIpc) is 2.66. The second kappa shape index (κ2) is 4.52. The van der Waals surface area contributed by atoms with Gasteiger partial charge in [-0.3, -0.25) is 4.79 Å². The lowest BCUT2D eigenvalue weighted by atomic mass is 9.80. The molecule has 1 unspecified atom stereocenters. The molecule has 0 heterocycles. The van der Waals surface area contributed by atoms with E-state index in [-0.39, 0.29) is 11.8 Å². The van der Waals surface area contributed by atoms with E-state index in [1.54, 1.807) is 14.2 Å². The minimum atomic E-state index is -0.782. The summed E-state index contributed by atoms with van der Waals surface area (Å²) in [4.78, 5) is 11.1. The van der Waals surface area contributed by atoms with Crippen LogP contribution >= 0.6 is 0 Å². The van der Waals surface area contributed by atoms with Crippen molar-refractivity contribution >= 4 is 5.97 Å². The second-order valence-electron chi connectivity index (χ2n) is 4.95. The van der Waals surface area contributed by atoms with Crippen LogP contribution in [-0.4, -0.2) is 25.3 Å². The second-order valence-corrected chi connectivity index (χ2v) is 4.95. The molecular formula is C14H18O4. The molecule has 0 saturated heterocycles. The van der Waals surface area contributed by atoms with Crippen molar-refractivity contribution in [2.45, 2.75) is 31.6 Å². The summed E-state index contributed by atoms with van der Waals surface area (Å²) in [6.07, 6.45) is 1.76. The van der Waals surface area contributed by atoms with E-state index in [2.05, 4.69) is 0 Å². The number of rotatable bonds is 4. The molecule has 4 heteroatoms. The number of hydrogen-bond acceptors (Lipinski definition) is 3. The third kappa shape index (κ3) is 1.92. The summed E-state index contributed by atoms with van der Waals surface area (Å²) in [5, 5.41) is 9.08. The SMILES string of the molecule is COc1ccc(OC)c2c1CCC2(C)CC(=O)O.